The fourth-order valence-electron chi connectivity index (χ4n) is 2.97. The van der Waals surface area contributed by atoms with Crippen LogP contribution in [0.4, 0.5) is 5.69 Å². The van der Waals surface area contributed by atoms with Crippen molar-refractivity contribution in [2.45, 2.75) is 32.3 Å². The van der Waals surface area contributed by atoms with E-state index in [-0.39, 0.29) is 12.0 Å². The molecule has 1 fully saturated rings. The number of hydrogen-bond acceptors (Lipinski definition) is 4. The predicted molar refractivity (Wildman–Crippen MR) is 111 cm³/mol. The van der Waals surface area contributed by atoms with Gasteiger partial charge in [-0.1, -0.05) is 19.1 Å². The van der Waals surface area contributed by atoms with Crippen LogP contribution in [0.1, 0.15) is 35.7 Å². The Morgan fingerprint density at radius 2 is 1.93 bits per heavy atom. The molecule has 2 N–H and O–H groups in total. The summed E-state index contributed by atoms with van der Waals surface area (Å²) in [7, 11) is 1.63. The minimum atomic E-state index is -0.199. The number of methoxy groups -OCH3 is 1. The number of nitrogens with zero attached hydrogens (tertiary/aromatic N) is 1. The normalized spacial score (nSPS) is 16.6. The van der Waals surface area contributed by atoms with Crippen LogP contribution in [0.25, 0.3) is 0 Å². The molecule has 0 spiro atoms. The van der Waals surface area contributed by atoms with Crippen molar-refractivity contribution in [3.8, 4) is 5.75 Å². The van der Waals surface area contributed by atoms with E-state index in [1.54, 1.807) is 7.11 Å². The number of carbonyl (C=O) groups is 1. The van der Waals surface area contributed by atoms with Gasteiger partial charge in [-0.3, -0.25) is 10.1 Å². The first kappa shape index (κ1) is 19.9. The summed E-state index contributed by atoms with van der Waals surface area (Å²) >= 11 is 0. The Bertz CT molecular complexity index is 795. The molecule has 2 aromatic rings. The zero-order chi connectivity index (χ0) is 19.8. The monoisotopic (exact) mass is 381 g/mol. The van der Waals surface area contributed by atoms with Gasteiger partial charge in [0.25, 0.3) is 5.91 Å². The van der Waals surface area contributed by atoms with E-state index in [1.165, 1.54) is 5.56 Å². The van der Waals surface area contributed by atoms with Crippen LogP contribution in [-0.4, -0.2) is 38.2 Å². The number of aliphatic imine (C=N–C) groups is 1. The summed E-state index contributed by atoms with van der Waals surface area (Å²) in [5.74, 6) is 0.975. The quantitative estimate of drug-likeness (QED) is 0.592. The number of guanidine groups is 1. The molecule has 1 heterocycles. The lowest BCUT2D eigenvalue weighted by atomic mass is 10.1. The molecule has 0 bridgehead atoms. The lowest BCUT2D eigenvalue weighted by Crippen LogP contribution is -2.36. The van der Waals surface area contributed by atoms with Crippen molar-refractivity contribution in [1.82, 2.24) is 5.32 Å². The molecule has 0 saturated carbocycles. The van der Waals surface area contributed by atoms with E-state index in [0.717, 1.165) is 37.3 Å². The maximum atomic E-state index is 12.7. The number of rotatable bonds is 6. The Labute approximate surface area is 166 Å². The van der Waals surface area contributed by atoms with Crippen molar-refractivity contribution in [3.05, 3.63) is 59.7 Å². The number of anilines is 1. The number of amides is 1. The molecular weight excluding hydrogens is 354 g/mol. The van der Waals surface area contributed by atoms with Gasteiger partial charge in [-0.15, -0.1) is 0 Å². The van der Waals surface area contributed by atoms with Gasteiger partial charge in [0.15, 0.2) is 0 Å². The number of ether oxygens (including phenoxy) is 2. The molecule has 1 aliphatic heterocycles. The molecule has 0 aliphatic carbocycles. The topological polar surface area (TPSA) is 72.0 Å². The second-order valence-electron chi connectivity index (χ2n) is 6.68. The fourth-order valence-corrected chi connectivity index (χ4v) is 2.97. The SMILES string of the molecule is CCc1ccc(C(=O)NC(=NC[C@H]2CCCO2)Nc2ccc(OC)cc2)cc1. The highest BCUT2D eigenvalue weighted by Crippen LogP contribution is 2.16. The average Bonchev–Trinajstić information content (AvgIpc) is 3.26. The molecule has 0 unspecified atom stereocenters. The van der Waals surface area contributed by atoms with Crippen LogP contribution in [0.15, 0.2) is 53.5 Å². The number of hydrogen-bond donors (Lipinski definition) is 2. The van der Waals surface area contributed by atoms with Gasteiger partial charge in [-0.05, 0) is 61.2 Å². The van der Waals surface area contributed by atoms with E-state index in [1.807, 2.05) is 48.5 Å². The van der Waals surface area contributed by atoms with Gasteiger partial charge in [0, 0.05) is 17.9 Å². The van der Waals surface area contributed by atoms with Crippen molar-refractivity contribution in [1.29, 1.82) is 0 Å². The molecule has 148 valence electrons. The van der Waals surface area contributed by atoms with Crippen molar-refractivity contribution in [3.63, 3.8) is 0 Å². The Morgan fingerprint density at radius 1 is 1.18 bits per heavy atom. The molecule has 6 heteroatoms. The molecule has 1 atom stereocenters. The lowest BCUT2D eigenvalue weighted by molar-refractivity contribution is 0.0975. The van der Waals surface area contributed by atoms with E-state index >= 15 is 0 Å². The first-order valence-electron chi connectivity index (χ1n) is 9.65. The Balaban J connectivity index is 1.71. The Morgan fingerprint density at radius 3 is 2.54 bits per heavy atom. The molecule has 1 saturated heterocycles. The minimum absolute atomic E-state index is 0.105. The van der Waals surface area contributed by atoms with Gasteiger partial charge in [0.2, 0.25) is 5.96 Å². The van der Waals surface area contributed by atoms with Gasteiger partial charge in [-0.25, -0.2) is 4.99 Å². The predicted octanol–water partition coefficient (Wildman–Crippen LogP) is 3.63. The highest BCUT2D eigenvalue weighted by molar-refractivity contribution is 6.10. The van der Waals surface area contributed by atoms with Crippen molar-refractivity contribution < 1.29 is 14.3 Å². The summed E-state index contributed by atoms with van der Waals surface area (Å²) in [5, 5.41) is 6.07. The molecule has 0 aromatic heterocycles. The van der Waals surface area contributed by atoms with E-state index in [4.69, 9.17) is 9.47 Å². The largest absolute Gasteiger partial charge is 0.497 e. The first-order chi connectivity index (χ1) is 13.7. The molecule has 3 rings (SSSR count). The number of benzene rings is 2. The molecule has 1 amide bonds. The Kier molecular flexibility index (Phi) is 7.03. The number of aryl methyl sites for hydroxylation is 1. The zero-order valence-electron chi connectivity index (χ0n) is 16.4. The van der Waals surface area contributed by atoms with Crippen LogP contribution < -0.4 is 15.4 Å². The van der Waals surface area contributed by atoms with Gasteiger partial charge in [-0.2, -0.15) is 0 Å². The van der Waals surface area contributed by atoms with E-state index < -0.39 is 0 Å². The average molecular weight is 381 g/mol. The summed E-state index contributed by atoms with van der Waals surface area (Å²) in [5.41, 5.74) is 2.60. The van der Waals surface area contributed by atoms with Gasteiger partial charge < -0.3 is 14.8 Å². The third-order valence-electron chi connectivity index (χ3n) is 4.69. The summed E-state index contributed by atoms with van der Waals surface area (Å²) in [6, 6.07) is 15.1. The van der Waals surface area contributed by atoms with Gasteiger partial charge in [0.1, 0.15) is 5.75 Å². The Hall–Kier alpha value is -2.86. The molecule has 0 radical (unpaired) electrons. The standard InChI is InChI=1S/C22H27N3O3/c1-3-16-6-8-17(9-7-16)21(26)25-22(23-15-20-5-4-14-28-20)24-18-10-12-19(27-2)13-11-18/h6-13,20H,3-5,14-15H2,1-2H3,(H2,23,24,25,26)/t20-/m1/s1. The summed E-state index contributed by atoms with van der Waals surface area (Å²) < 4.78 is 10.8. The van der Waals surface area contributed by atoms with Crippen LogP contribution in [0.5, 0.6) is 5.75 Å². The highest BCUT2D eigenvalue weighted by atomic mass is 16.5. The van der Waals surface area contributed by atoms with Crippen molar-refractivity contribution in [2.75, 3.05) is 25.6 Å². The fraction of sp³-hybridized carbons (Fsp3) is 0.364. The first-order valence-corrected chi connectivity index (χ1v) is 9.65. The van der Waals surface area contributed by atoms with E-state index in [0.29, 0.717) is 18.1 Å². The molecule has 6 nitrogen and oxygen atoms in total. The lowest BCUT2D eigenvalue weighted by Gasteiger charge is -2.14. The smallest absolute Gasteiger partial charge is 0.257 e. The van der Waals surface area contributed by atoms with Gasteiger partial charge in [0.05, 0.1) is 19.8 Å². The second-order valence-corrected chi connectivity index (χ2v) is 6.68. The maximum Gasteiger partial charge on any atom is 0.257 e. The third kappa shape index (κ3) is 5.57. The second kappa shape index (κ2) is 9.90. The van der Waals surface area contributed by atoms with Crippen molar-refractivity contribution in [2.24, 2.45) is 4.99 Å². The van der Waals surface area contributed by atoms with E-state index in [2.05, 4.69) is 22.5 Å². The number of carbonyl (C=O) groups excluding carboxylic acids is 1. The molecular formula is C22H27N3O3. The summed E-state index contributed by atoms with van der Waals surface area (Å²) in [6.45, 7) is 3.37. The summed E-state index contributed by atoms with van der Waals surface area (Å²) in [6.07, 6.45) is 3.09. The maximum absolute atomic E-state index is 12.7. The number of nitrogens with one attached hydrogen (secondary N) is 2. The third-order valence-corrected chi connectivity index (χ3v) is 4.69. The molecule has 1 aliphatic rings. The highest BCUT2D eigenvalue weighted by Gasteiger charge is 2.16. The van der Waals surface area contributed by atoms with Crippen molar-refractivity contribution >= 4 is 17.6 Å². The zero-order valence-corrected chi connectivity index (χ0v) is 16.4. The van der Waals surface area contributed by atoms with E-state index in [9.17, 15) is 4.79 Å². The van der Waals surface area contributed by atoms with Crippen LogP contribution in [0, 0.1) is 0 Å². The van der Waals surface area contributed by atoms with Crippen LogP contribution in [0.3, 0.4) is 0 Å². The van der Waals surface area contributed by atoms with Crippen LogP contribution in [0.2, 0.25) is 0 Å². The summed E-state index contributed by atoms with van der Waals surface area (Å²) in [4.78, 5) is 17.2. The molecule has 2 aromatic carbocycles. The molecule has 28 heavy (non-hydrogen) atoms. The van der Waals surface area contributed by atoms with Crippen LogP contribution in [-0.2, 0) is 11.2 Å². The van der Waals surface area contributed by atoms with Gasteiger partial charge >= 0.3 is 0 Å². The van der Waals surface area contributed by atoms with Crippen LogP contribution >= 0.6 is 0 Å². The minimum Gasteiger partial charge on any atom is -0.497 e.